The minimum atomic E-state index is -0.853. The van der Waals surface area contributed by atoms with Crippen LogP contribution in [0.25, 0.3) is 0 Å². The highest BCUT2D eigenvalue weighted by Crippen LogP contribution is 2.23. The van der Waals surface area contributed by atoms with E-state index in [1.807, 2.05) is 61.9 Å². The van der Waals surface area contributed by atoms with Crippen LogP contribution in [0.4, 0.5) is 0 Å². The summed E-state index contributed by atoms with van der Waals surface area (Å²) in [7, 11) is 0. The van der Waals surface area contributed by atoms with Crippen molar-refractivity contribution in [2.45, 2.75) is 39.0 Å². The molecule has 0 aliphatic heterocycles. The van der Waals surface area contributed by atoms with Gasteiger partial charge in [0.05, 0.1) is 11.7 Å². The second-order valence-electron chi connectivity index (χ2n) is 5.66. The monoisotopic (exact) mass is 305 g/mol. The molecule has 21 heavy (non-hydrogen) atoms. The molecule has 0 saturated heterocycles. The van der Waals surface area contributed by atoms with Crippen molar-refractivity contribution >= 4 is 11.3 Å². The number of ether oxygens (including phenoxy) is 1. The normalized spacial score (nSPS) is 14.1. The van der Waals surface area contributed by atoms with Gasteiger partial charge in [-0.25, -0.2) is 0 Å². The molecule has 114 valence electrons. The first-order valence-electron chi connectivity index (χ1n) is 7.19. The van der Waals surface area contributed by atoms with Crippen molar-refractivity contribution in [2.75, 3.05) is 6.54 Å². The van der Waals surface area contributed by atoms with Crippen molar-refractivity contribution in [1.29, 1.82) is 0 Å². The first kappa shape index (κ1) is 16.0. The highest BCUT2D eigenvalue weighted by Gasteiger charge is 2.22. The Bertz CT molecular complexity index is 550. The second kappa shape index (κ2) is 7.07. The van der Waals surface area contributed by atoms with Gasteiger partial charge in [-0.1, -0.05) is 18.2 Å². The van der Waals surface area contributed by atoms with Gasteiger partial charge in [-0.2, -0.15) is 11.3 Å². The lowest BCUT2D eigenvalue weighted by atomic mass is 9.99. The average molecular weight is 305 g/mol. The van der Waals surface area contributed by atoms with Crippen molar-refractivity contribution in [3.63, 3.8) is 0 Å². The molecule has 0 amide bonds. The van der Waals surface area contributed by atoms with Crippen molar-refractivity contribution in [3.05, 3.63) is 52.2 Å². The molecule has 4 heteroatoms. The predicted molar refractivity (Wildman–Crippen MR) is 87.8 cm³/mol. The maximum atomic E-state index is 10.5. The van der Waals surface area contributed by atoms with E-state index < -0.39 is 5.60 Å². The molecule has 0 spiro atoms. The van der Waals surface area contributed by atoms with Crippen molar-refractivity contribution in [3.8, 4) is 5.75 Å². The van der Waals surface area contributed by atoms with Gasteiger partial charge in [-0.3, -0.25) is 0 Å². The highest BCUT2D eigenvalue weighted by molar-refractivity contribution is 7.08. The SMILES string of the molecule is CC(C)Oc1ccccc1CNCC(C)(O)c1ccsc1. The summed E-state index contributed by atoms with van der Waals surface area (Å²) in [5.41, 5.74) is 1.20. The Kier molecular flexibility index (Phi) is 5.39. The van der Waals surface area contributed by atoms with Gasteiger partial charge in [0, 0.05) is 18.7 Å². The number of para-hydroxylation sites is 1. The second-order valence-corrected chi connectivity index (χ2v) is 6.44. The minimum Gasteiger partial charge on any atom is -0.491 e. The Labute approximate surface area is 130 Å². The van der Waals surface area contributed by atoms with E-state index in [4.69, 9.17) is 4.74 Å². The summed E-state index contributed by atoms with van der Waals surface area (Å²) in [6, 6.07) is 9.96. The van der Waals surface area contributed by atoms with Gasteiger partial charge in [0.2, 0.25) is 0 Å². The van der Waals surface area contributed by atoms with Crippen LogP contribution in [-0.2, 0) is 12.1 Å². The van der Waals surface area contributed by atoms with Crippen LogP contribution in [0.15, 0.2) is 41.1 Å². The van der Waals surface area contributed by atoms with Crippen LogP contribution in [0.2, 0.25) is 0 Å². The quantitative estimate of drug-likeness (QED) is 0.822. The molecule has 2 N–H and O–H groups in total. The van der Waals surface area contributed by atoms with Crippen LogP contribution in [0.5, 0.6) is 5.75 Å². The molecule has 1 aromatic carbocycles. The Morgan fingerprint density at radius 3 is 2.71 bits per heavy atom. The van der Waals surface area contributed by atoms with E-state index in [9.17, 15) is 5.11 Å². The molecule has 2 rings (SSSR count). The fourth-order valence-corrected chi connectivity index (χ4v) is 2.92. The first-order valence-corrected chi connectivity index (χ1v) is 8.13. The fourth-order valence-electron chi connectivity index (χ4n) is 2.13. The zero-order chi connectivity index (χ0) is 15.3. The van der Waals surface area contributed by atoms with Gasteiger partial charge in [-0.15, -0.1) is 0 Å². The van der Waals surface area contributed by atoms with Crippen molar-refractivity contribution in [1.82, 2.24) is 5.32 Å². The van der Waals surface area contributed by atoms with Crippen molar-refractivity contribution < 1.29 is 9.84 Å². The van der Waals surface area contributed by atoms with Crippen LogP contribution < -0.4 is 10.1 Å². The van der Waals surface area contributed by atoms with E-state index in [2.05, 4.69) is 5.32 Å². The van der Waals surface area contributed by atoms with Crippen LogP contribution >= 0.6 is 11.3 Å². The topological polar surface area (TPSA) is 41.5 Å². The van der Waals surface area contributed by atoms with Gasteiger partial charge in [0.25, 0.3) is 0 Å². The summed E-state index contributed by atoms with van der Waals surface area (Å²) in [6.07, 6.45) is 0.153. The molecule has 1 atom stereocenters. The number of hydrogen-bond acceptors (Lipinski definition) is 4. The minimum absolute atomic E-state index is 0.153. The average Bonchev–Trinajstić information content (AvgIpc) is 2.95. The maximum absolute atomic E-state index is 10.5. The summed E-state index contributed by atoms with van der Waals surface area (Å²) in [5, 5.41) is 17.8. The summed E-state index contributed by atoms with van der Waals surface area (Å²) in [4.78, 5) is 0. The fraction of sp³-hybridized carbons (Fsp3) is 0.412. The molecular formula is C17H23NO2S. The van der Waals surface area contributed by atoms with E-state index in [1.165, 1.54) is 0 Å². The Balaban J connectivity index is 1.95. The van der Waals surface area contributed by atoms with E-state index in [-0.39, 0.29) is 6.10 Å². The largest absolute Gasteiger partial charge is 0.491 e. The third-order valence-corrected chi connectivity index (χ3v) is 3.95. The number of thiophene rings is 1. The van der Waals surface area contributed by atoms with Gasteiger partial charge in [0.15, 0.2) is 0 Å². The maximum Gasteiger partial charge on any atom is 0.124 e. The van der Waals surface area contributed by atoms with E-state index >= 15 is 0 Å². The standard InChI is InChI=1S/C17H23NO2S/c1-13(2)20-16-7-5-4-6-14(16)10-18-12-17(3,19)15-8-9-21-11-15/h4-9,11,13,18-19H,10,12H2,1-3H3. The van der Waals surface area contributed by atoms with E-state index in [0.717, 1.165) is 16.9 Å². The smallest absolute Gasteiger partial charge is 0.124 e. The molecule has 0 aliphatic rings. The van der Waals surface area contributed by atoms with Gasteiger partial charge < -0.3 is 15.2 Å². The van der Waals surface area contributed by atoms with Gasteiger partial charge in [0.1, 0.15) is 5.75 Å². The van der Waals surface area contributed by atoms with E-state index in [0.29, 0.717) is 13.1 Å². The van der Waals surface area contributed by atoms with Crippen LogP contribution in [-0.4, -0.2) is 17.8 Å². The molecule has 1 heterocycles. The number of benzene rings is 1. The highest BCUT2D eigenvalue weighted by atomic mass is 32.1. The summed E-state index contributed by atoms with van der Waals surface area (Å²) in [5.74, 6) is 0.898. The summed E-state index contributed by atoms with van der Waals surface area (Å²) >= 11 is 1.60. The molecule has 3 nitrogen and oxygen atoms in total. The first-order chi connectivity index (χ1) is 9.99. The molecule has 1 aromatic heterocycles. The molecular weight excluding hydrogens is 282 g/mol. The number of nitrogens with one attached hydrogen (secondary N) is 1. The predicted octanol–water partition coefficient (Wildman–Crippen LogP) is 3.53. The van der Waals surface area contributed by atoms with Crippen LogP contribution in [0, 0.1) is 0 Å². The number of aliphatic hydroxyl groups is 1. The lowest BCUT2D eigenvalue weighted by Crippen LogP contribution is -2.34. The van der Waals surface area contributed by atoms with E-state index in [1.54, 1.807) is 11.3 Å². The molecule has 0 bridgehead atoms. The summed E-state index contributed by atoms with van der Waals surface area (Å²) < 4.78 is 5.80. The molecule has 0 radical (unpaired) electrons. The van der Waals surface area contributed by atoms with Crippen LogP contribution in [0.3, 0.4) is 0 Å². The molecule has 0 saturated carbocycles. The number of hydrogen-bond donors (Lipinski definition) is 2. The summed E-state index contributed by atoms with van der Waals surface area (Å²) in [6.45, 7) is 7.04. The Hall–Kier alpha value is -1.36. The third-order valence-electron chi connectivity index (χ3n) is 3.26. The zero-order valence-electron chi connectivity index (χ0n) is 12.8. The van der Waals surface area contributed by atoms with Crippen LogP contribution in [0.1, 0.15) is 31.9 Å². The lowest BCUT2D eigenvalue weighted by Gasteiger charge is -2.23. The van der Waals surface area contributed by atoms with Gasteiger partial charge >= 0.3 is 0 Å². The molecule has 0 fully saturated rings. The van der Waals surface area contributed by atoms with Crippen molar-refractivity contribution in [2.24, 2.45) is 0 Å². The Morgan fingerprint density at radius 1 is 1.29 bits per heavy atom. The molecule has 0 aliphatic carbocycles. The van der Waals surface area contributed by atoms with Gasteiger partial charge in [-0.05, 0) is 49.2 Å². The molecule has 2 aromatic rings. The molecule has 1 unspecified atom stereocenters. The number of rotatable bonds is 7. The Morgan fingerprint density at radius 2 is 2.05 bits per heavy atom. The lowest BCUT2D eigenvalue weighted by molar-refractivity contribution is 0.0570. The zero-order valence-corrected chi connectivity index (χ0v) is 13.6. The third kappa shape index (κ3) is 4.56.